The summed E-state index contributed by atoms with van der Waals surface area (Å²) in [6.07, 6.45) is 4.07. The second-order valence-electron chi connectivity index (χ2n) is 6.57. The Kier molecular flexibility index (Phi) is 6.02. The first-order valence-electron chi connectivity index (χ1n) is 8.93. The monoisotopic (exact) mass is 322 g/mol. The highest BCUT2D eigenvalue weighted by Crippen LogP contribution is 2.19. The van der Waals surface area contributed by atoms with E-state index < -0.39 is 0 Å². The standard InChI is InChI=1S/C21H26N2O/c24-21(11-8-17-12-14-22-15-13-17)23-16-18-6-9-20(10-7-18)19-4-2-1-3-5-19/h1-7,9-10,17,22H,8,11-16H2,(H,23,24). The number of hydrogen-bond acceptors (Lipinski definition) is 2. The van der Waals surface area contributed by atoms with Crippen LogP contribution in [0.2, 0.25) is 0 Å². The number of piperidine rings is 1. The highest BCUT2D eigenvalue weighted by atomic mass is 16.1. The minimum atomic E-state index is 0.167. The molecule has 1 heterocycles. The minimum absolute atomic E-state index is 0.167. The molecule has 0 spiro atoms. The number of rotatable bonds is 6. The normalized spacial score (nSPS) is 15.2. The van der Waals surface area contributed by atoms with Crippen molar-refractivity contribution in [2.45, 2.75) is 32.2 Å². The molecule has 1 aliphatic heterocycles. The molecule has 0 bridgehead atoms. The Morgan fingerprint density at radius 1 is 0.958 bits per heavy atom. The second kappa shape index (κ2) is 8.65. The Balaban J connectivity index is 1.43. The van der Waals surface area contributed by atoms with Gasteiger partial charge in [0.15, 0.2) is 0 Å². The van der Waals surface area contributed by atoms with Crippen LogP contribution in [0.3, 0.4) is 0 Å². The molecular formula is C21H26N2O. The van der Waals surface area contributed by atoms with E-state index in [-0.39, 0.29) is 5.91 Å². The minimum Gasteiger partial charge on any atom is -0.352 e. The predicted octanol–water partition coefficient (Wildman–Crippen LogP) is 3.75. The van der Waals surface area contributed by atoms with Crippen LogP contribution < -0.4 is 10.6 Å². The van der Waals surface area contributed by atoms with E-state index in [1.54, 1.807) is 0 Å². The second-order valence-corrected chi connectivity index (χ2v) is 6.57. The molecule has 0 saturated carbocycles. The van der Waals surface area contributed by atoms with Crippen LogP contribution in [-0.2, 0) is 11.3 Å². The number of nitrogens with one attached hydrogen (secondary N) is 2. The lowest BCUT2D eigenvalue weighted by atomic mass is 9.93. The third-order valence-electron chi connectivity index (χ3n) is 4.79. The molecule has 3 nitrogen and oxygen atoms in total. The van der Waals surface area contributed by atoms with Gasteiger partial charge in [-0.1, -0.05) is 54.6 Å². The van der Waals surface area contributed by atoms with E-state index in [1.807, 2.05) is 18.2 Å². The molecule has 0 aliphatic carbocycles. The first kappa shape index (κ1) is 16.7. The van der Waals surface area contributed by atoms with Gasteiger partial charge in [0.25, 0.3) is 0 Å². The topological polar surface area (TPSA) is 41.1 Å². The van der Waals surface area contributed by atoms with Gasteiger partial charge in [0.2, 0.25) is 5.91 Å². The van der Waals surface area contributed by atoms with Gasteiger partial charge >= 0.3 is 0 Å². The highest BCUT2D eigenvalue weighted by molar-refractivity contribution is 5.75. The van der Waals surface area contributed by atoms with Gasteiger partial charge in [-0.05, 0) is 55.0 Å². The van der Waals surface area contributed by atoms with Gasteiger partial charge in [0.1, 0.15) is 0 Å². The SMILES string of the molecule is O=C(CCC1CCNCC1)NCc1ccc(-c2ccccc2)cc1. The van der Waals surface area contributed by atoms with Crippen molar-refractivity contribution in [2.24, 2.45) is 5.92 Å². The van der Waals surface area contributed by atoms with E-state index >= 15 is 0 Å². The molecule has 2 aromatic carbocycles. The number of amides is 1. The molecule has 126 valence electrons. The summed E-state index contributed by atoms with van der Waals surface area (Å²) in [6, 6.07) is 18.8. The molecule has 24 heavy (non-hydrogen) atoms. The molecule has 1 saturated heterocycles. The fourth-order valence-corrected chi connectivity index (χ4v) is 3.24. The van der Waals surface area contributed by atoms with Crippen LogP contribution in [0.1, 0.15) is 31.2 Å². The Morgan fingerprint density at radius 3 is 2.33 bits per heavy atom. The van der Waals surface area contributed by atoms with Crippen molar-refractivity contribution in [2.75, 3.05) is 13.1 Å². The van der Waals surface area contributed by atoms with Crippen LogP contribution in [0.4, 0.5) is 0 Å². The van der Waals surface area contributed by atoms with Crippen molar-refractivity contribution in [3.05, 3.63) is 60.2 Å². The van der Waals surface area contributed by atoms with E-state index in [2.05, 4.69) is 47.0 Å². The van der Waals surface area contributed by atoms with E-state index in [9.17, 15) is 4.79 Å². The van der Waals surface area contributed by atoms with Crippen LogP contribution in [-0.4, -0.2) is 19.0 Å². The Bertz CT molecular complexity index is 631. The molecule has 1 amide bonds. The van der Waals surface area contributed by atoms with Gasteiger partial charge < -0.3 is 10.6 Å². The zero-order valence-electron chi connectivity index (χ0n) is 14.1. The lowest BCUT2D eigenvalue weighted by Crippen LogP contribution is -2.29. The molecule has 1 aliphatic rings. The summed E-state index contributed by atoms with van der Waals surface area (Å²) < 4.78 is 0. The fourth-order valence-electron chi connectivity index (χ4n) is 3.24. The summed E-state index contributed by atoms with van der Waals surface area (Å²) in [6.45, 7) is 2.81. The third-order valence-corrected chi connectivity index (χ3v) is 4.79. The number of benzene rings is 2. The Labute approximate surface area is 144 Å². The van der Waals surface area contributed by atoms with Crippen molar-refractivity contribution in [3.8, 4) is 11.1 Å². The van der Waals surface area contributed by atoms with Crippen molar-refractivity contribution in [1.82, 2.24) is 10.6 Å². The van der Waals surface area contributed by atoms with Crippen LogP contribution in [0.25, 0.3) is 11.1 Å². The quantitative estimate of drug-likeness (QED) is 0.850. The highest BCUT2D eigenvalue weighted by Gasteiger charge is 2.14. The van der Waals surface area contributed by atoms with Crippen molar-refractivity contribution >= 4 is 5.91 Å². The molecule has 1 fully saturated rings. The van der Waals surface area contributed by atoms with E-state index in [4.69, 9.17) is 0 Å². The van der Waals surface area contributed by atoms with E-state index in [0.717, 1.165) is 25.1 Å². The summed E-state index contributed by atoms with van der Waals surface area (Å²) in [5.74, 6) is 0.878. The lowest BCUT2D eigenvalue weighted by Gasteiger charge is -2.22. The first-order valence-corrected chi connectivity index (χ1v) is 8.93. The maximum absolute atomic E-state index is 12.0. The number of carbonyl (C=O) groups is 1. The van der Waals surface area contributed by atoms with Gasteiger partial charge in [0.05, 0.1) is 0 Å². The summed E-state index contributed by atoms with van der Waals surface area (Å²) in [4.78, 5) is 12.0. The fraction of sp³-hybridized carbons (Fsp3) is 0.381. The first-order chi connectivity index (χ1) is 11.8. The molecule has 2 aromatic rings. The number of carbonyl (C=O) groups excluding carboxylic acids is 1. The van der Waals surface area contributed by atoms with Gasteiger partial charge in [-0.3, -0.25) is 4.79 Å². The average Bonchev–Trinajstić information content (AvgIpc) is 2.67. The van der Waals surface area contributed by atoms with Crippen LogP contribution >= 0.6 is 0 Å². The molecule has 0 unspecified atom stereocenters. The Morgan fingerprint density at radius 2 is 1.62 bits per heavy atom. The molecule has 0 aromatic heterocycles. The number of hydrogen-bond donors (Lipinski definition) is 2. The summed E-state index contributed by atoms with van der Waals surface area (Å²) in [5, 5.41) is 6.41. The largest absolute Gasteiger partial charge is 0.352 e. The third kappa shape index (κ3) is 4.93. The van der Waals surface area contributed by atoms with Gasteiger partial charge in [-0.15, -0.1) is 0 Å². The molecule has 0 atom stereocenters. The molecule has 2 N–H and O–H groups in total. The summed E-state index contributed by atoms with van der Waals surface area (Å²) >= 11 is 0. The zero-order chi connectivity index (χ0) is 16.6. The van der Waals surface area contributed by atoms with Crippen molar-refractivity contribution in [3.63, 3.8) is 0 Å². The summed E-state index contributed by atoms with van der Waals surface area (Å²) in [5.41, 5.74) is 3.57. The smallest absolute Gasteiger partial charge is 0.220 e. The zero-order valence-corrected chi connectivity index (χ0v) is 14.1. The average molecular weight is 322 g/mol. The molecule has 3 heteroatoms. The van der Waals surface area contributed by atoms with Gasteiger partial charge in [0, 0.05) is 13.0 Å². The van der Waals surface area contributed by atoms with Gasteiger partial charge in [-0.25, -0.2) is 0 Å². The Hall–Kier alpha value is -2.13. The molecule has 0 radical (unpaired) electrons. The lowest BCUT2D eigenvalue weighted by molar-refractivity contribution is -0.121. The van der Waals surface area contributed by atoms with E-state index in [0.29, 0.717) is 18.9 Å². The maximum Gasteiger partial charge on any atom is 0.220 e. The maximum atomic E-state index is 12.0. The molecule has 3 rings (SSSR count). The van der Waals surface area contributed by atoms with Crippen molar-refractivity contribution < 1.29 is 4.79 Å². The van der Waals surface area contributed by atoms with Gasteiger partial charge in [-0.2, -0.15) is 0 Å². The molecular weight excluding hydrogens is 296 g/mol. The van der Waals surface area contributed by atoms with Crippen LogP contribution in [0.5, 0.6) is 0 Å². The van der Waals surface area contributed by atoms with Crippen LogP contribution in [0, 0.1) is 5.92 Å². The van der Waals surface area contributed by atoms with Crippen molar-refractivity contribution in [1.29, 1.82) is 0 Å². The van der Waals surface area contributed by atoms with Crippen LogP contribution in [0.15, 0.2) is 54.6 Å². The van der Waals surface area contributed by atoms with E-state index in [1.165, 1.54) is 24.0 Å². The summed E-state index contributed by atoms with van der Waals surface area (Å²) in [7, 11) is 0. The predicted molar refractivity (Wildman–Crippen MR) is 98.6 cm³/mol.